The lowest BCUT2D eigenvalue weighted by Gasteiger charge is -2.27. The van der Waals surface area contributed by atoms with E-state index in [0.717, 1.165) is 32.9 Å². The minimum absolute atomic E-state index is 0.562. The van der Waals surface area contributed by atoms with Crippen LogP contribution < -0.4 is 5.32 Å². The number of para-hydroxylation sites is 1. The Morgan fingerprint density at radius 2 is 1.90 bits per heavy atom. The number of hydrogen-bond donors (Lipinski definition) is 1. The molecule has 2 aromatic rings. The van der Waals surface area contributed by atoms with E-state index in [2.05, 4.69) is 58.0 Å². The largest absolute Gasteiger partial charge is 0.367 e. The van der Waals surface area contributed by atoms with Gasteiger partial charge in [-0.05, 0) is 43.7 Å². The lowest BCUT2D eigenvalue weighted by Crippen LogP contribution is -2.26. The molecule has 1 fully saturated rings. The molecule has 0 spiro atoms. The summed E-state index contributed by atoms with van der Waals surface area (Å²) in [5.74, 6) is 2.80. The predicted molar refractivity (Wildman–Crippen MR) is 92.3 cm³/mol. The van der Waals surface area contributed by atoms with Gasteiger partial charge in [0.15, 0.2) is 0 Å². The van der Waals surface area contributed by atoms with Crippen molar-refractivity contribution in [3.8, 4) is 0 Å². The lowest BCUT2D eigenvalue weighted by atomic mass is 9.87. The monoisotopic (exact) mass is 381 g/mol. The molecule has 20 heavy (non-hydrogen) atoms. The van der Waals surface area contributed by atoms with Crippen LogP contribution in [0.3, 0.4) is 0 Å². The molecule has 106 valence electrons. The summed E-state index contributed by atoms with van der Waals surface area (Å²) in [6.45, 7) is 2.35. The summed E-state index contributed by atoms with van der Waals surface area (Å²) in [5.41, 5.74) is 1.04. The van der Waals surface area contributed by atoms with Crippen molar-refractivity contribution in [3.05, 3.63) is 30.1 Å². The Balaban J connectivity index is 1.89. The van der Waals surface area contributed by atoms with Crippen molar-refractivity contribution in [1.29, 1.82) is 0 Å². The molecule has 0 atom stereocenters. The maximum absolute atomic E-state index is 4.70. The van der Waals surface area contributed by atoms with Crippen molar-refractivity contribution in [3.63, 3.8) is 0 Å². The van der Waals surface area contributed by atoms with Crippen LogP contribution in [0.5, 0.6) is 0 Å². The minimum atomic E-state index is 0.562. The Morgan fingerprint density at radius 3 is 2.65 bits per heavy atom. The molecule has 4 heteroatoms. The van der Waals surface area contributed by atoms with Crippen LogP contribution in [0, 0.1) is 5.92 Å². The average molecular weight is 381 g/mol. The summed E-state index contributed by atoms with van der Waals surface area (Å²) in [7, 11) is 0. The summed E-state index contributed by atoms with van der Waals surface area (Å²) >= 11 is 2.32. The normalized spacial score (nSPS) is 22.9. The van der Waals surface area contributed by atoms with Crippen LogP contribution in [0.1, 0.15) is 38.4 Å². The first-order valence-electron chi connectivity index (χ1n) is 7.34. The van der Waals surface area contributed by atoms with E-state index >= 15 is 0 Å². The summed E-state index contributed by atoms with van der Waals surface area (Å²) in [5, 5.41) is 4.80. The Hall–Kier alpha value is -0.910. The number of rotatable bonds is 3. The second-order valence-corrected chi connectivity index (χ2v) is 6.50. The number of nitrogens with one attached hydrogen (secondary N) is 1. The van der Waals surface area contributed by atoms with Gasteiger partial charge in [-0.15, -0.1) is 0 Å². The Kier molecular flexibility index (Phi) is 4.38. The van der Waals surface area contributed by atoms with Crippen molar-refractivity contribution >= 4 is 39.3 Å². The molecule has 0 radical (unpaired) electrons. The standard InChI is InChI=1S/C16H20IN3/c1-11-6-8-12(9-7-11)18-16-13-4-2-3-5-14(13)19-15(10-17)20-16/h2-5,11-12H,6-10H2,1H3,(H,18,19,20)/t11-,12+. The topological polar surface area (TPSA) is 37.8 Å². The summed E-state index contributed by atoms with van der Waals surface area (Å²) in [6.07, 6.45) is 5.14. The fourth-order valence-electron chi connectivity index (χ4n) is 2.89. The zero-order chi connectivity index (χ0) is 13.9. The van der Waals surface area contributed by atoms with Gasteiger partial charge in [0, 0.05) is 11.4 Å². The van der Waals surface area contributed by atoms with Crippen LogP contribution in [0.15, 0.2) is 24.3 Å². The SMILES string of the molecule is C[C@H]1CC[C@@H](Nc2nc(CI)nc3ccccc23)CC1. The number of aromatic nitrogens is 2. The Morgan fingerprint density at radius 1 is 1.15 bits per heavy atom. The number of halogens is 1. The number of fused-ring (bicyclic) bond motifs is 1. The zero-order valence-electron chi connectivity index (χ0n) is 11.8. The number of nitrogens with zero attached hydrogens (tertiary/aromatic N) is 2. The molecule has 0 unspecified atom stereocenters. The molecule has 0 bridgehead atoms. The number of benzene rings is 1. The molecular formula is C16H20IN3. The first-order chi connectivity index (χ1) is 9.76. The molecule has 1 aliphatic carbocycles. The van der Waals surface area contributed by atoms with Gasteiger partial charge in [-0.3, -0.25) is 0 Å². The Labute approximate surface area is 133 Å². The third kappa shape index (κ3) is 3.05. The van der Waals surface area contributed by atoms with Gasteiger partial charge < -0.3 is 5.32 Å². The molecule has 0 aliphatic heterocycles. The fourth-order valence-corrected chi connectivity index (χ4v) is 3.23. The number of alkyl halides is 1. The van der Waals surface area contributed by atoms with Gasteiger partial charge >= 0.3 is 0 Å². The summed E-state index contributed by atoms with van der Waals surface area (Å²) < 4.78 is 0.846. The molecular weight excluding hydrogens is 361 g/mol. The van der Waals surface area contributed by atoms with E-state index in [1.165, 1.54) is 25.7 Å². The molecule has 1 saturated carbocycles. The second-order valence-electron chi connectivity index (χ2n) is 5.74. The molecule has 1 N–H and O–H groups in total. The van der Waals surface area contributed by atoms with Crippen LogP contribution in [0.2, 0.25) is 0 Å². The van der Waals surface area contributed by atoms with Gasteiger partial charge in [0.1, 0.15) is 11.6 Å². The molecule has 1 aliphatic rings. The van der Waals surface area contributed by atoms with Crippen molar-refractivity contribution in [2.75, 3.05) is 5.32 Å². The van der Waals surface area contributed by atoms with Gasteiger partial charge in [0.05, 0.1) is 9.94 Å². The van der Waals surface area contributed by atoms with E-state index < -0.39 is 0 Å². The van der Waals surface area contributed by atoms with E-state index in [1.807, 2.05) is 6.07 Å². The maximum Gasteiger partial charge on any atom is 0.141 e. The highest BCUT2D eigenvalue weighted by molar-refractivity contribution is 14.1. The highest BCUT2D eigenvalue weighted by atomic mass is 127. The van der Waals surface area contributed by atoms with Crippen LogP contribution in [0.25, 0.3) is 10.9 Å². The lowest BCUT2D eigenvalue weighted by molar-refractivity contribution is 0.361. The number of anilines is 1. The van der Waals surface area contributed by atoms with Gasteiger partial charge in [-0.1, -0.05) is 41.6 Å². The van der Waals surface area contributed by atoms with Gasteiger partial charge in [-0.2, -0.15) is 0 Å². The first-order valence-corrected chi connectivity index (χ1v) is 8.87. The average Bonchev–Trinajstić information content (AvgIpc) is 2.49. The van der Waals surface area contributed by atoms with E-state index in [-0.39, 0.29) is 0 Å². The number of hydrogen-bond acceptors (Lipinski definition) is 3. The molecule has 0 amide bonds. The summed E-state index contributed by atoms with van der Waals surface area (Å²) in [6, 6.07) is 8.84. The third-order valence-corrected chi connectivity index (χ3v) is 4.81. The quantitative estimate of drug-likeness (QED) is 0.626. The van der Waals surface area contributed by atoms with Crippen molar-refractivity contribution in [2.24, 2.45) is 5.92 Å². The van der Waals surface area contributed by atoms with E-state index in [9.17, 15) is 0 Å². The second kappa shape index (κ2) is 6.24. The molecule has 3 nitrogen and oxygen atoms in total. The van der Waals surface area contributed by atoms with Gasteiger partial charge in [0.25, 0.3) is 0 Å². The first kappa shape index (κ1) is 14.0. The highest BCUT2D eigenvalue weighted by Gasteiger charge is 2.19. The van der Waals surface area contributed by atoms with Gasteiger partial charge in [-0.25, -0.2) is 9.97 Å². The zero-order valence-corrected chi connectivity index (χ0v) is 13.9. The van der Waals surface area contributed by atoms with Crippen LogP contribution in [-0.2, 0) is 4.43 Å². The van der Waals surface area contributed by atoms with Crippen LogP contribution >= 0.6 is 22.6 Å². The van der Waals surface area contributed by atoms with Crippen LogP contribution in [0.4, 0.5) is 5.82 Å². The van der Waals surface area contributed by atoms with Crippen molar-refractivity contribution in [1.82, 2.24) is 9.97 Å². The van der Waals surface area contributed by atoms with Crippen molar-refractivity contribution < 1.29 is 0 Å². The smallest absolute Gasteiger partial charge is 0.141 e. The molecule has 1 aromatic heterocycles. The van der Waals surface area contributed by atoms with Gasteiger partial charge in [0.2, 0.25) is 0 Å². The van der Waals surface area contributed by atoms with E-state index in [1.54, 1.807) is 0 Å². The highest BCUT2D eigenvalue weighted by Crippen LogP contribution is 2.28. The minimum Gasteiger partial charge on any atom is -0.367 e. The molecule has 1 heterocycles. The van der Waals surface area contributed by atoms with E-state index in [4.69, 9.17) is 4.98 Å². The molecule has 3 rings (SSSR count). The fraction of sp³-hybridized carbons (Fsp3) is 0.500. The van der Waals surface area contributed by atoms with Crippen molar-refractivity contribution in [2.45, 2.75) is 43.1 Å². The Bertz CT molecular complexity index is 591. The molecule has 1 aromatic carbocycles. The van der Waals surface area contributed by atoms with Crippen LogP contribution in [-0.4, -0.2) is 16.0 Å². The summed E-state index contributed by atoms with van der Waals surface area (Å²) in [4.78, 5) is 9.30. The third-order valence-electron chi connectivity index (χ3n) is 4.13. The molecule has 0 saturated heterocycles. The maximum atomic E-state index is 4.70. The predicted octanol–water partition coefficient (Wildman–Crippen LogP) is 4.56. The van der Waals surface area contributed by atoms with E-state index in [0.29, 0.717) is 6.04 Å².